The van der Waals surface area contributed by atoms with E-state index in [0.717, 1.165) is 5.56 Å². The third-order valence-corrected chi connectivity index (χ3v) is 3.33. The van der Waals surface area contributed by atoms with Crippen LogP contribution >= 0.6 is 0 Å². The molecule has 4 heteroatoms. The molecule has 0 aliphatic rings. The molecule has 0 unspecified atom stereocenters. The summed E-state index contributed by atoms with van der Waals surface area (Å²) in [5.74, 6) is -0.491. The fraction of sp³-hybridized carbons (Fsp3) is 0.235. The molecule has 3 nitrogen and oxygen atoms in total. The Kier molecular flexibility index (Phi) is 5.06. The fourth-order valence-electron chi connectivity index (χ4n) is 2.20. The Morgan fingerprint density at radius 3 is 2.62 bits per heavy atom. The number of halogens is 1. The molecule has 0 atom stereocenters. The van der Waals surface area contributed by atoms with E-state index in [1.165, 1.54) is 12.1 Å². The molecule has 0 heterocycles. The maximum atomic E-state index is 13.4. The van der Waals surface area contributed by atoms with Gasteiger partial charge in [0.2, 0.25) is 0 Å². The maximum absolute atomic E-state index is 13.4. The van der Waals surface area contributed by atoms with Crippen LogP contribution in [0, 0.1) is 12.7 Å². The number of carbonyl (C=O) groups excluding carboxylic acids is 1. The van der Waals surface area contributed by atoms with Gasteiger partial charge in [-0.1, -0.05) is 24.3 Å². The Balaban J connectivity index is 2.36. The van der Waals surface area contributed by atoms with E-state index < -0.39 is 0 Å². The van der Waals surface area contributed by atoms with Crippen LogP contribution in [0.5, 0.6) is 0 Å². The number of anilines is 1. The van der Waals surface area contributed by atoms with Gasteiger partial charge < -0.3 is 10.6 Å². The third kappa shape index (κ3) is 3.67. The topological polar surface area (TPSA) is 46.3 Å². The van der Waals surface area contributed by atoms with E-state index in [4.69, 9.17) is 5.73 Å². The molecule has 110 valence electrons. The van der Waals surface area contributed by atoms with Crippen LogP contribution in [0.25, 0.3) is 0 Å². The van der Waals surface area contributed by atoms with Crippen molar-refractivity contribution in [1.29, 1.82) is 0 Å². The number of nitrogens with zero attached hydrogens (tertiary/aromatic N) is 1. The molecule has 21 heavy (non-hydrogen) atoms. The highest BCUT2D eigenvalue weighted by molar-refractivity contribution is 6.07. The van der Waals surface area contributed by atoms with Crippen molar-refractivity contribution in [2.24, 2.45) is 5.73 Å². The maximum Gasteiger partial charge on any atom is 0.258 e. The predicted octanol–water partition coefficient (Wildman–Crippen LogP) is 3.13. The van der Waals surface area contributed by atoms with Gasteiger partial charge in [0.25, 0.3) is 5.91 Å². The molecule has 2 N–H and O–H groups in total. The van der Waals surface area contributed by atoms with Gasteiger partial charge in [0.1, 0.15) is 5.82 Å². The van der Waals surface area contributed by atoms with Crippen molar-refractivity contribution in [2.45, 2.75) is 13.3 Å². The normalized spacial score (nSPS) is 10.4. The third-order valence-electron chi connectivity index (χ3n) is 3.33. The first-order valence-electron chi connectivity index (χ1n) is 6.96. The fourth-order valence-corrected chi connectivity index (χ4v) is 2.20. The van der Waals surface area contributed by atoms with Gasteiger partial charge in [0.15, 0.2) is 0 Å². The first-order chi connectivity index (χ1) is 10.1. The van der Waals surface area contributed by atoms with Gasteiger partial charge in [-0.05, 0) is 49.7 Å². The first kappa shape index (κ1) is 15.2. The van der Waals surface area contributed by atoms with Gasteiger partial charge in [0.05, 0.1) is 0 Å². The molecule has 0 saturated carbocycles. The van der Waals surface area contributed by atoms with Gasteiger partial charge >= 0.3 is 0 Å². The lowest BCUT2D eigenvalue weighted by molar-refractivity contribution is 0.0986. The minimum absolute atomic E-state index is 0.132. The summed E-state index contributed by atoms with van der Waals surface area (Å²) in [6.07, 6.45) is 0.661. The van der Waals surface area contributed by atoms with Crippen molar-refractivity contribution in [3.8, 4) is 0 Å². The van der Waals surface area contributed by atoms with Gasteiger partial charge in [-0.2, -0.15) is 0 Å². The van der Waals surface area contributed by atoms with Crippen LogP contribution < -0.4 is 10.6 Å². The van der Waals surface area contributed by atoms with Crippen LogP contribution in [0.4, 0.5) is 10.1 Å². The lowest BCUT2D eigenvalue weighted by Gasteiger charge is -2.23. The van der Waals surface area contributed by atoms with Crippen LogP contribution in [-0.4, -0.2) is 19.0 Å². The molecule has 2 aromatic carbocycles. The summed E-state index contributed by atoms with van der Waals surface area (Å²) >= 11 is 0. The van der Waals surface area contributed by atoms with Gasteiger partial charge in [-0.3, -0.25) is 4.79 Å². The van der Waals surface area contributed by atoms with E-state index in [9.17, 15) is 9.18 Å². The van der Waals surface area contributed by atoms with Crippen LogP contribution in [0.15, 0.2) is 48.5 Å². The van der Waals surface area contributed by atoms with Gasteiger partial charge in [-0.25, -0.2) is 4.39 Å². The standard InChI is InChI=1S/C17H19FN2O/c1-13-6-2-3-9-16(13)17(21)20(11-5-10-19)15-8-4-7-14(18)12-15/h2-4,6-9,12H,5,10-11,19H2,1H3. The van der Waals surface area contributed by atoms with E-state index in [-0.39, 0.29) is 11.7 Å². The summed E-state index contributed by atoms with van der Waals surface area (Å²) in [4.78, 5) is 14.3. The Labute approximate surface area is 124 Å². The van der Waals surface area contributed by atoms with Crippen molar-refractivity contribution in [3.63, 3.8) is 0 Å². The van der Waals surface area contributed by atoms with Gasteiger partial charge in [-0.15, -0.1) is 0 Å². The number of amides is 1. The number of hydrogen-bond donors (Lipinski definition) is 1. The zero-order valence-electron chi connectivity index (χ0n) is 12.1. The number of rotatable bonds is 5. The zero-order valence-corrected chi connectivity index (χ0v) is 12.1. The highest BCUT2D eigenvalue weighted by atomic mass is 19.1. The SMILES string of the molecule is Cc1ccccc1C(=O)N(CCCN)c1cccc(F)c1. The summed E-state index contributed by atoms with van der Waals surface area (Å²) < 4.78 is 13.4. The molecule has 0 aromatic heterocycles. The van der Waals surface area contributed by atoms with Crippen molar-refractivity contribution in [2.75, 3.05) is 18.0 Å². The van der Waals surface area contributed by atoms with Gasteiger partial charge in [0, 0.05) is 17.8 Å². The second-order valence-corrected chi connectivity index (χ2v) is 4.89. The van der Waals surface area contributed by atoms with Crippen LogP contribution in [0.1, 0.15) is 22.3 Å². The molecular weight excluding hydrogens is 267 g/mol. The summed E-state index contributed by atoms with van der Waals surface area (Å²) in [7, 11) is 0. The minimum Gasteiger partial charge on any atom is -0.330 e. The van der Waals surface area contributed by atoms with Crippen LogP contribution in [0.3, 0.4) is 0 Å². The Bertz CT molecular complexity index is 628. The quantitative estimate of drug-likeness (QED) is 0.918. The van der Waals surface area contributed by atoms with Crippen molar-refractivity contribution in [1.82, 2.24) is 0 Å². The molecule has 2 aromatic rings. The zero-order chi connectivity index (χ0) is 15.2. The number of carbonyl (C=O) groups is 1. The second kappa shape index (κ2) is 6.99. The summed E-state index contributed by atoms with van der Waals surface area (Å²) in [5.41, 5.74) is 7.62. The molecule has 0 fully saturated rings. The average molecular weight is 286 g/mol. The Morgan fingerprint density at radius 2 is 1.95 bits per heavy atom. The van der Waals surface area contributed by atoms with Crippen molar-refractivity contribution < 1.29 is 9.18 Å². The molecule has 0 aliphatic carbocycles. The van der Waals surface area contributed by atoms with E-state index in [0.29, 0.717) is 30.8 Å². The summed E-state index contributed by atoms with van der Waals surface area (Å²) in [5, 5.41) is 0. The molecule has 0 bridgehead atoms. The number of aryl methyl sites for hydroxylation is 1. The molecule has 0 spiro atoms. The highest BCUT2D eigenvalue weighted by Crippen LogP contribution is 2.20. The lowest BCUT2D eigenvalue weighted by atomic mass is 10.1. The van der Waals surface area contributed by atoms with E-state index in [2.05, 4.69) is 0 Å². The van der Waals surface area contributed by atoms with Crippen molar-refractivity contribution in [3.05, 3.63) is 65.5 Å². The molecular formula is C17H19FN2O. The lowest BCUT2D eigenvalue weighted by Crippen LogP contribution is -2.33. The average Bonchev–Trinajstić information content (AvgIpc) is 2.48. The van der Waals surface area contributed by atoms with E-state index in [1.54, 1.807) is 23.1 Å². The first-order valence-corrected chi connectivity index (χ1v) is 6.96. The monoisotopic (exact) mass is 286 g/mol. The smallest absolute Gasteiger partial charge is 0.258 e. The Hall–Kier alpha value is -2.20. The number of nitrogens with two attached hydrogens (primary N) is 1. The molecule has 2 rings (SSSR count). The minimum atomic E-state index is -0.358. The molecule has 0 radical (unpaired) electrons. The van der Waals surface area contributed by atoms with E-state index in [1.807, 2.05) is 25.1 Å². The highest BCUT2D eigenvalue weighted by Gasteiger charge is 2.19. The largest absolute Gasteiger partial charge is 0.330 e. The van der Waals surface area contributed by atoms with E-state index >= 15 is 0 Å². The Morgan fingerprint density at radius 1 is 1.19 bits per heavy atom. The molecule has 0 aliphatic heterocycles. The van der Waals surface area contributed by atoms with Crippen molar-refractivity contribution >= 4 is 11.6 Å². The molecule has 0 saturated heterocycles. The molecule has 1 amide bonds. The second-order valence-electron chi connectivity index (χ2n) is 4.89. The van der Waals surface area contributed by atoms with Crippen LogP contribution in [-0.2, 0) is 0 Å². The summed E-state index contributed by atoms with van der Waals surface area (Å²) in [6.45, 7) is 2.83. The number of benzene rings is 2. The summed E-state index contributed by atoms with van der Waals surface area (Å²) in [6, 6.07) is 13.5. The number of hydrogen-bond acceptors (Lipinski definition) is 2. The van der Waals surface area contributed by atoms with Crippen LogP contribution in [0.2, 0.25) is 0 Å². The predicted molar refractivity (Wildman–Crippen MR) is 82.9 cm³/mol.